The lowest BCUT2D eigenvalue weighted by molar-refractivity contribution is 0.462. The van der Waals surface area contributed by atoms with E-state index in [9.17, 15) is 8.42 Å². The Hall–Kier alpha value is -1.84. The van der Waals surface area contributed by atoms with Crippen LogP contribution in [0, 0.1) is 0 Å². The predicted molar refractivity (Wildman–Crippen MR) is 102 cm³/mol. The van der Waals surface area contributed by atoms with Crippen LogP contribution in [0.1, 0.15) is 12.6 Å². The van der Waals surface area contributed by atoms with E-state index in [4.69, 9.17) is 0 Å². The van der Waals surface area contributed by atoms with E-state index >= 15 is 0 Å². The van der Waals surface area contributed by atoms with Crippen molar-refractivity contribution in [1.29, 1.82) is 0 Å². The van der Waals surface area contributed by atoms with E-state index in [1.807, 2.05) is 38.2 Å². The highest BCUT2D eigenvalue weighted by atomic mass is 32.2. The Balaban J connectivity index is 1.92. The Bertz CT molecular complexity index is 781. The van der Waals surface area contributed by atoms with Gasteiger partial charge in [-0.2, -0.15) is 0 Å². The second-order valence-corrected chi connectivity index (χ2v) is 8.47. The zero-order chi connectivity index (χ0) is 18.3. The molecule has 0 bridgehead atoms. The molecule has 2 aromatic rings. The van der Waals surface area contributed by atoms with Gasteiger partial charge >= 0.3 is 0 Å². The van der Waals surface area contributed by atoms with Gasteiger partial charge in [-0.3, -0.25) is 4.99 Å². The quantitative estimate of drug-likeness (QED) is 0.411. The molecule has 9 heteroatoms. The first-order valence-corrected chi connectivity index (χ1v) is 10.4. The van der Waals surface area contributed by atoms with E-state index in [0.717, 1.165) is 19.0 Å². The van der Waals surface area contributed by atoms with Crippen LogP contribution < -0.4 is 10.0 Å². The molecule has 7 nitrogen and oxygen atoms in total. The van der Waals surface area contributed by atoms with Crippen LogP contribution in [0.15, 0.2) is 45.0 Å². The molecule has 25 heavy (non-hydrogen) atoms. The minimum absolute atomic E-state index is 0.257. The minimum atomic E-state index is -3.43. The number of aryl methyl sites for hydroxylation is 1. The summed E-state index contributed by atoms with van der Waals surface area (Å²) >= 11 is 1.20. The maximum atomic E-state index is 12.1. The highest BCUT2D eigenvalue weighted by Crippen LogP contribution is 2.14. The Kier molecular flexibility index (Phi) is 7.03. The number of guanidine groups is 1. The highest BCUT2D eigenvalue weighted by Gasteiger charge is 2.14. The van der Waals surface area contributed by atoms with Crippen molar-refractivity contribution in [1.82, 2.24) is 19.5 Å². The fourth-order valence-electron chi connectivity index (χ4n) is 2.28. The molecule has 0 unspecified atom stereocenters. The van der Waals surface area contributed by atoms with Gasteiger partial charge in [-0.15, -0.1) is 11.3 Å². The molecular weight excluding hydrogens is 358 g/mol. The number of hydrogen-bond acceptors (Lipinski definition) is 4. The van der Waals surface area contributed by atoms with Crippen LogP contribution in [0.25, 0.3) is 0 Å². The Morgan fingerprint density at radius 2 is 2.16 bits per heavy atom. The summed E-state index contributed by atoms with van der Waals surface area (Å²) in [6.45, 7) is 4.09. The van der Waals surface area contributed by atoms with E-state index in [1.165, 1.54) is 17.0 Å². The molecule has 0 radical (unpaired) electrons. The molecule has 2 heterocycles. The van der Waals surface area contributed by atoms with Crippen molar-refractivity contribution in [2.24, 2.45) is 12.0 Å². The van der Waals surface area contributed by atoms with Crippen LogP contribution in [-0.4, -0.2) is 50.5 Å². The molecule has 0 saturated carbocycles. The molecule has 138 valence electrons. The highest BCUT2D eigenvalue weighted by molar-refractivity contribution is 7.91. The lowest BCUT2D eigenvalue weighted by atomic mass is 10.4. The van der Waals surface area contributed by atoms with Crippen LogP contribution in [0.2, 0.25) is 0 Å². The molecule has 0 amide bonds. The van der Waals surface area contributed by atoms with Crippen molar-refractivity contribution in [3.63, 3.8) is 0 Å². The summed E-state index contributed by atoms with van der Waals surface area (Å²) < 4.78 is 29.1. The summed E-state index contributed by atoms with van der Waals surface area (Å²) in [7, 11) is 0.537. The number of aromatic nitrogens is 1. The predicted octanol–water partition coefficient (Wildman–Crippen LogP) is 1.46. The number of nitrogens with one attached hydrogen (secondary N) is 2. The summed E-state index contributed by atoms with van der Waals surface area (Å²) in [5, 5.41) is 4.98. The minimum Gasteiger partial charge on any atom is -0.357 e. The fourth-order valence-corrected chi connectivity index (χ4v) is 4.34. The van der Waals surface area contributed by atoms with Crippen molar-refractivity contribution >= 4 is 27.3 Å². The lowest BCUT2D eigenvalue weighted by Gasteiger charge is -2.22. The first-order chi connectivity index (χ1) is 11.9. The number of thiophene rings is 1. The third kappa shape index (κ3) is 5.58. The first-order valence-electron chi connectivity index (χ1n) is 8.07. The number of hydrogen-bond donors (Lipinski definition) is 2. The third-order valence-electron chi connectivity index (χ3n) is 3.57. The summed E-state index contributed by atoms with van der Waals surface area (Å²) in [5.74, 6) is 0.749. The SMILES string of the molecule is CCNC(=NCCNS(=O)(=O)c1cccs1)N(C)Cc1cccn1C. The van der Waals surface area contributed by atoms with Gasteiger partial charge in [0.2, 0.25) is 10.0 Å². The molecule has 0 aromatic carbocycles. The fraction of sp³-hybridized carbons (Fsp3) is 0.438. The molecule has 0 aliphatic carbocycles. The average molecular weight is 384 g/mol. The van der Waals surface area contributed by atoms with Crippen molar-refractivity contribution in [3.05, 3.63) is 41.5 Å². The van der Waals surface area contributed by atoms with E-state index in [1.54, 1.807) is 17.5 Å². The van der Waals surface area contributed by atoms with Gasteiger partial charge in [0.1, 0.15) is 4.21 Å². The average Bonchev–Trinajstić information content (AvgIpc) is 3.23. The van der Waals surface area contributed by atoms with Gasteiger partial charge in [0.05, 0.1) is 13.1 Å². The number of rotatable bonds is 8. The zero-order valence-electron chi connectivity index (χ0n) is 14.8. The molecule has 2 N–H and O–H groups in total. The van der Waals surface area contributed by atoms with Gasteiger partial charge in [-0.05, 0) is 30.5 Å². The van der Waals surface area contributed by atoms with Crippen molar-refractivity contribution in [3.8, 4) is 0 Å². The van der Waals surface area contributed by atoms with Gasteiger partial charge in [-0.1, -0.05) is 6.07 Å². The molecule has 0 saturated heterocycles. The molecule has 0 atom stereocenters. The standard InChI is InChI=1S/C16H25N5O2S2/c1-4-17-16(21(3)13-14-7-5-11-20(14)2)18-9-10-19-25(22,23)15-8-6-12-24-15/h5-8,11-12,19H,4,9-10,13H2,1-3H3,(H,17,18). The van der Waals surface area contributed by atoms with Crippen molar-refractivity contribution in [2.75, 3.05) is 26.7 Å². The maximum absolute atomic E-state index is 12.1. The lowest BCUT2D eigenvalue weighted by Crippen LogP contribution is -2.39. The maximum Gasteiger partial charge on any atom is 0.250 e. The summed E-state index contributed by atoms with van der Waals surface area (Å²) in [6.07, 6.45) is 2.01. The second kappa shape index (κ2) is 9.02. The Morgan fingerprint density at radius 3 is 2.76 bits per heavy atom. The number of sulfonamides is 1. The monoisotopic (exact) mass is 383 g/mol. The van der Waals surface area contributed by atoms with Crippen LogP contribution >= 0.6 is 11.3 Å². The van der Waals surface area contributed by atoms with Crippen molar-refractivity contribution in [2.45, 2.75) is 17.7 Å². The largest absolute Gasteiger partial charge is 0.357 e. The van der Waals surface area contributed by atoms with Crippen LogP contribution in [0.4, 0.5) is 0 Å². The zero-order valence-corrected chi connectivity index (χ0v) is 16.4. The summed E-state index contributed by atoms with van der Waals surface area (Å²) in [4.78, 5) is 6.53. The normalized spacial score (nSPS) is 12.4. The first kappa shape index (κ1) is 19.5. The van der Waals surface area contributed by atoms with Gasteiger partial charge in [0.15, 0.2) is 5.96 Å². The molecule has 0 fully saturated rings. The van der Waals surface area contributed by atoms with E-state index in [-0.39, 0.29) is 6.54 Å². The van der Waals surface area contributed by atoms with Crippen LogP contribution in [0.5, 0.6) is 0 Å². The smallest absolute Gasteiger partial charge is 0.250 e. The van der Waals surface area contributed by atoms with Crippen LogP contribution in [0.3, 0.4) is 0 Å². The molecule has 0 aliphatic heterocycles. The van der Waals surface area contributed by atoms with Gasteiger partial charge < -0.3 is 14.8 Å². The molecule has 2 aromatic heterocycles. The molecule has 2 rings (SSSR count). The van der Waals surface area contributed by atoms with E-state index in [0.29, 0.717) is 10.8 Å². The van der Waals surface area contributed by atoms with E-state index in [2.05, 4.69) is 25.7 Å². The van der Waals surface area contributed by atoms with Gasteiger partial charge in [0.25, 0.3) is 0 Å². The van der Waals surface area contributed by atoms with Crippen molar-refractivity contribution < 1.29 is 8.42 Å². The van der Waals surface area contributed by atoms with Gasteiger partial charge in [-0.25, -0.2) is 13.1 Å². The third-order valence-corrected chi connectivity index (χ3v) is 6.43. The second-order valence-electron chi connectivity index (χ2n) is 5.53. The molecular formula is C16H25N5O2S2. The topological polar surface area (TPSA) is 78.7 Å². The number of aliphatic imine (C=N–C) groups is 1. The Morgan fingerprint density at radius 1 is 1.36 bits per heavy atom. The van der Waals surface area contributed by atoms with Gasteiger partial charge in [0, 0.05) is 39.1 Å². The van der Waals surface area contributed by atoms with E-state index < -0.39 is 10.0 Å². The molecule has 0 aliphatic rings. The number of nitrogens with zero attached hydrogens (tertiary/aromatic N) is 3. The van der Waals surface area contributed by atoms with Crippen LogP contribution in [-0.2, 0) is 23.6 Å². The summed E-state index contributed by atoms with van der Waals surface area (Å²) in [5.41, 5.74) is 1.17. The Labute approximate surface area is 153 Å². The summed E-state index contributed by atoms with van der Waals surface area (Å²) in [6, 6.07) is 7.38. The molecule has 0 spiro atoms.